The van der Waals surface area contributed by atoms with Crippen LogP contribution in [0.15, 0.2) is 11.1 Å². The van der Waals surface area contributed by atoms with E-state index in [1.807, 2.05) is 13.8 Å². The summed E-state index contributed by atoms with van der Waals surface area (Å²) in [6, 6.07) is 1.57. The van der Waals surface area contributed by atoms with Crippen molar-refractivity contribution >= 4 is 17.7 Å². The Labute approximate surface area is 133 Å². The van der Waals surface area contributed by atoms with Crippen LogP contribution in [0, 0.1) is 5.92 Å². The lowest BCUT2D eigenvalue weighted by molar-refractivity contribution is -0.124. The number of carboxylic acid groups (broad SMARTS) is 1. The normalized spacial score (nSPS) is 23.5. The van der Waals surface area contributed by atoms with Gasteiger partial charge in [-0.05, 0) is 18.9 Å². The van der Waals surface area contributed by atoms with Crippen molar-refractivity contribution in [3.05, 3.63) is 28.6 Å². The largest absolute Gasteiger partial charge is 0.478 e. The Morgan fingerprint density at radius 3 is 2.83 bits per heavy atom. The van der Waals surface area contributed by atoms with Crippen LogP contribution < -0.4 is 5.32 Å². The number of amidine groups is 1. The lowest BCUT2D eigenvalue weighted by Gasteiger charge is -2.21. The van der Waals surface area contributed by atoms with Crippen molar-refractivity contribution in [2.24, 2.45) is 10.9 Å². The summed E-state index contributed by atoms with van der Waals surface area (Å²) in [5.41, 5.74) is 0.906. The molecule has 2 aliphatic rings. The van der Waals surface area contributed by atoms with Gasteiger partial charge in [-0.25, -0.2) is 14.8 Å². The Bertz CT molecular complexity index is 726. The fourth-order valence-electron chi connectivity index (χ4n) is 2.68. The number of aliphatic imine (C=N–C) groups is 1. The quantitative estimate of drug-likeness (QED) is 0.870. The lowest BCUT2D eigenvalue weighted by atomic mass is 9.89. The number of pyridine rings is 1. The molecule has 1 unspecified atom stereocenters. The van der Waals surface area contributed by atoms with Crippen LogP contribution in [0.3, 0.4) is 0 Å². The first-order valence-corrected chi connectivity index (χ1v) is 7.58. The molecule has 0 fully saturated rings. The summed E-state index contributed by atoms with van der Waals surface area (Å²) >= 11 is 0. The predicted octanol–water partition coefficient (Wildman–Crippen LogP) is 1.14. The Morgan fingerprint density at radius 2 is 2.22 bits per heavy atom. The smallest absolute Gasteiger partial charge is 0.338 e. The van der Waals surface area contributed by atoms with Crippen molar-refractivity contribution in [1.82, 2.24) is 10.3 Å². The topological polar surface area (TPSA) is 101 Å². The van der Waals surface area contributed by atoms with E-state index in [0.29, 0.717) is 19.6 Å². The van der Waals surface area contributed by atoms with Crippen LogP contribution in [-0.2, 0) is 22.6 Å². The summed E-state index contributed by atoms with van der Waals surface area (Å²) in [5, 5.41) is 12.2. The Balaban J connectivity index is 2.13. The van der Waals surface area contributed by atoms with E-state index < -0.39 is 11.5 Å². The summed E-state index contributed by atoms with van der Waals surface area (Å²) in [4.78, 5) is 32.8. The molecule has 1 atom stereocenters. The van der Waals surface area contributed by atoms with Crippen LogP contribution in [0.25, 0.3) is 0 Å². The summed E-state index contributed by atoms with van der Waals surface area (Å²) in [6.07, 6.45) is 0.616. The average molecular weight is 317 g/mol. The number of hydrogen-bond acceptors (Lipinski definition) is 5. The van der Waals surface area contributed by atoms with E-state index in [1.54, 1.807) is 13.0 Å². The van der Waals surface area contributed by atoms with Crippen molar-refractivity contribution in [3.63, 3.8) is 0 Å². The molecular weight excluding hydrogens is 298 g/mol. The van der Waals surface area contributed by atoms with E-state index in [-0.39, 0.29) is 28.9 Å². The minimum atomic E-state index is -1.10. The van der Waals surface area contributed by atoms with Crippen LogP contribution >= 0.6 is 0 Å². The fraction of sp³-hybridized carbons (Fsp3) is 0.500. The van der Waals surface area contributed by atoms with Gasteiger partial charge < -0.3 is 15.2 Å². The SMILES string of the molecule is CC(C)C1(C)N=C(c2nc3c(cc2C(=O)O)COCC3)NC1=O. The van der Waals surface area contributed by atoms with E-state index in [0.717, 1.165) is 11.3 Å². The predicted molar refractivity (Wildman–Crippen MR) is 82.5 cm³/mol. The molecule has 0 aromatic carbocycles. The Kier molecular flexibility index (Phi) is 3.68. The molecule has 1 amide bonds. The third-order valence-electron chi connectivity index (χ3n) is 4.55. The highest BCUT2D eigenvalue weighted by Gasteiger charge is 2.43. The molecule has 3 heterocycles. The van der Waals surface area contributed by atoms with Crippen molar-refractivity contribution < 1.29 is 19.4 Å². The number of nitrogens with zero attached hydrogens (tertiary/aromatic N) is 2. The van der Waals surface area contributed by atoms with E-state index in [9.17, 15) is 14.7 Å². The average Bonchev–Trinajstić information content (AvgIpc) is 2.82. The monoisotopic (exact) mass is 317 g/mol. The second-order valence-corrected chi connectivity index (χ2v) is 6.31. The van der Waals surface area contributed by atoms with Crippen LogP contribution in [-0.4, -0.2) is 39.9 Å². The number of rotatable bonds is 3. The molecule has 1 aromatic heterocycles. The first kappa shape index (κ1) is 15.6. The van der Waals surface area contributed by atoms with Crippen molar-refractivity contribution in [3.8, 4) is 0 Å². The highest BCUT2D eigenvalue weighted by molar-refractivity contribution is 6.17. The minimum Gasteiger partial charge on any atom is -0.478 e. The molecule has 2 aliphatic heterocycles. The number of carboxylic acids is 1. The standard InChI is InChI=1S/C16H19N3O4/c1-8(2)16(3)15(22)18-13(19-16)12-10(14(20)21)6-9-7-23-5-4-11(9)17-12/h6,8H,4-5,7H2,1-3H3,(H,20,21)(H,18,19,22). The van der Waals surface area contributed by atoms with Gasteiger partial charge in [0.1, 0.15) is 11.2 Å². The molecule has 7 nitrogen and oxygen atoms in total. The highest BCUT2D eigenvalue weighted by atomic mass is 16.5. The van der Waals surface area contributed by atoms with Crippen LogP contribution in [0.2, 0.25) is 0 Å². The van der Waals surface area contributed by atoms with Crippen LogP contribution in [0.4, 0.5) is 0 Å². The molecular formula is C16H19N3O4. The molecule has 7 heteroatoms. The molecule has 0 spiro atoms. The second-order valence-electron chi connectivity index (χ2n) is 6.31. The van der Waals surface area contributed by atoms with Gasteiger partial charge in [0.05, 0.1) is 18.8 Å². The van der Waals surface area contributed by atoms with Crippen LogP contribution in [0.5, 0.6) is 0 Å². The minimum absolute atomic E-state index is 0.0145. The van der Waals surface area contributed by atoms with Crippen molar-refractivity contribution in [2.75, 3.05) is 6.61 Å². The second kappa shape index (κ2) is 5.42. The van der Waals surface area contributed by atoms with Gasteiger partial charge in [-0.1, -0.05) is 13.8 Å². The maximum Gasteiger partial charge on any atom is 0.338 e. The Hall–Kier alpha value is -2.28. The zero-order chi connectivity index (χ0) is 16.8. The zero-order valence-corrected chi connectivity index (χ0v) is 13.3. The molecule has 0 bridgehead atoms. The number of fused-ring (bicyclic) bond motifs is 1. The number of aromatic nitrogens is 1. The van der Waals surface area contributed by atoms with E-state index >= 15 is 0 Å². The number of carbonyl (C=O) groups excluding carboxylic acids is 1. The third kappa shape index (κ3) is 2.50. The van der Waals surface area contributed by atoms with E-state index in [4.69, 9.17) is 4.74 Å². The Morgan fingerprint density at radius 1 is 1.48 bits per heavy atom. The molecule has 0 saturated heterocycles. The molecule has 23 heavy (non-hydrogen) atoms. The summed E-state index contributed by atoms with van der Waals surface area (Å²) < 4.78 is 5.34. The maximum atomic E-state index is 12.3. The number of nitrogens with one attached hydrogen (secondary N) is 1. The summed E-state index contributed by atoms with van der Waals surface area (Å²) in [6.45, 7) is 6.45. The van der Waals surface area contributed by atoms with Crippen molar-refractivity contribution in [1.29, 1.82) is 0 Å². The molecule has 0 saturated carbocycles. The number of hydrogen-bond donors (Lipinski definition) is 2. The van der Waals surface area contributed by atoms with E-state index in [1.165, 1.54) is 0 Å². The molecule has 2 N–H and O–H groups in total. The van der Waals surface area contributed by atoms with Gasteiger partial charge >= 0.3 is 5.97 Å². The first-order chi connectivity index (χ1) is 10.8. The fourth-order valence-corrected chi connectivity index (χ4v) is 2.68. The highest BCUT2D eigenvalue weighted by Crippen LogP contribution is 2.28. The van der Waals surface area contributed by atoms with Crippen molar-refractivity contribution in [2.45, 2.75) is 39.3 Å². The summed E-state index contributed by atoms with van der Waals surface area (Å²) in [5.74, 6) is -1.12. The summed E-state index contributed by atoms with van der Waals surface area (Å²) in [7, 11) is 0. The molecule has 3 rings (SSSR count). The number of ether oxygens (including phenoxy) is 1. The molecule has 1 aromatic rings. The lowest BCUT2D eigenvalue weighted by Crippen LogP contribution is -2.41. The van der Waals surface area contributed by atoms with Crippen LogP contribution in [0.1, 0.15) is 48.1 Å². The third-order valence-corrected chi connectivity index (χ3v) is 4.55. The maximum absolute atomic E-state index is 12.3. The van der Waals surface area contributed by atoms with Gasteiger partial charge in [0.15, 0.2) is 5.84 Å². The van der Waals surface area contributed by atoms with Gasteiger partial charge in [0.2, 0.25) is 0 Å². The molecule has 122 valence electrons. The van der Waals surface area contributed by atoms with Gasteiger partial charge in [0.25, 0.3) is 5.91 Å². The van der Waals surface area contributed by atoms with Gasteiger partial charge in [-0.3, -0.25) is 4.79 Å². The number of amides is 1. The molecule has 0 radical (unpaired) electrons. The number of aromatic carboxylic acids is 1. The first-order valence-electron chi connectivity index (χ1n) is 7.58. The van der Waals surface area contributed by atoms with Gasteiger partial charge in [-0.15, -0.1) is 0 Å². The molecule has 0 aliphatic carbocycles. The number of carbonyl (C=O) groups is 2. The van der Waals surface area contributed by atoms with Gasteiger partial charge in [-0.2, -0.15) is 0 Å². The van der Waals surface area contributed by atoms with Gasteiger partial charge in [0, 0.05) is 17.7 Å². The van der Waals surface area contributed by atoms with E-state index in [2.05, 4.69) is 15.3 Å². The zero-order valence-electron chi connectivity index (χ0n) is 13.3.